The summed E-state index contributed by atoms with van der Waals surface area (Å²) in [5, 5.41) is 6.47. The van der Waals surface area contributed by atoms with Crippen molar-refractivity contribution in [2.24, 2.45) is 0 Å². The van der Waals surface area contributed by atoms with Crippen LogP contribution in [0.25, 0.3) is 0 Å². The zero-order valence-corrected chi connectivity index (χ0v) is 13.2. The van der Waals surface area contributed by atoms with Crippen molar-refractivity contribution in [2.75, 3.05) is 18.5 Å². The maximum atomic E-state index is 12.4. The van der Waals surface area contributed by atoms with Crippen LogP contribution in [-0.2, 0) is 4.74 Å². The van der Waals surface area contributed by atoms with Crippen molar-refractivity contribution in [3.8, 4) is 0 Å². The van der Waals surface area contributed by atoms with Gasteiger partial charge in [-0.1, -0.05) is 6.92 Å². The van der Waals surface area contributed by atoms with Crippen LogP contribution >= 0.6 is 0 Å². The fourth-order valence-electron chi connectivity index (χ4n) is 2.69. The molecule has 1 aromatic rings. The molecule has 1 heterocycles. The number of hydrogen-bond donors (Lipinski definition) is 2. The van der Waals surface area contributed by atoms with Gasteiger partial charge in [0, 0.05) is 30.4 Å². The Morgan fingerprint density at radius 2 is 2.24 bits per heavy atom. The molecular weight excluding hydrogens is 264 g/mol. The maximum Gasteiger partial charge on any atom is 0.251 e. The van der Waals surface area contributed by atoms with Crippen molar-refractivity contribution in [1.29, 1.82) is 0 Å². The van der Waals surface area contributed by atoms with Gasteiger partial charge in [-0.15, -0.1) is 0 Å². The molecule has 4 nitrogen and oxygen atoms in total. The van der Waals surface area contributed by atoms with Crippen molar-refractivity contribution >= 4 is 11.6 Å². The minimum Gasteiger partial charge on any atom is -0.385 e. The van der Waals surface area contributed by atoms with Crippen molar-refractivity contribution in [1.82, 2.24) is 5.32 Å². The van der Waals surface area contributed by atoms with E-state index >= 15 is 0 Å². The number of ether oxygens (including phenoxy) is 1. The summed E-state index contributed by atoms with van der Waals surface area (Å²) in [7, 11) is 0. The summed E-state index contributed by atoms with van der Waals surface area (Å²) < 4.78 is 5.51. The largest absolute Gasteiger partial charge is 0.385 e. The fourth-order valence-corrected chi connectivity index (χ4v) is 2.69. The zero-order valence-electron chi connectivity index (χ0n) is 13.2. The minimum atomic E-state index is 0.0219. The molecule has 1 aromatic carbocycles. The van der Waals surface area contributed by atoms with Gasteiger partial charge >= 0.3 is 0 Å². The highest BCUT2D eigenvalue weighted by Gasteiger charge is 2.21. The molecule has 1 amide bonds. The average Bonchev–Trinajstić information content (AvgIpc) is 2.45. The van der Waals surface area contributed by atoms with Crippen molar-refractivity contribution in [3.63, 3.8) is 0 Å². The van der Waals surface area contributed by atoms with E-state index in [1.165, 1.54) is 0 Å². The summed E-state index contributed by atoms with van der Waals surface area (Å²) >= 11 is 0. The Morgan fingerprint density at radius 1 is 1.43 bits per heavy atom. The second kappa shape index (κ2) is 7.46. The number of rotatable bonds is 5. The molecule has 0 radical (unpaired) electrons. The summed E-state index contributed by atoms with van der Waals surface area (Å²) in [6.45, 7) is 7.85. The molecule has 0 aromatic heterocycles. The van der Waals surface area contributed by atoms with Crippen molar-refractivity contribution in [2.45, 2.75) is 52.2 Å². The molecular formula is C17H26N2O2. The van der Waals surface area contributed by atoms with E-state index in [-0.39, 0.29) is 18.1 Å². The topological polar surface area (TPSA) is 50.4 Å². The fraction of sp³-hybridized carbons (Fsp3) is 0.588. The van der Waals surface area contributed by atoms with E-state index in [1.807, 2.05) is 25.1 Å². The van der Waals surface area contributed by atoms with Gasteiger partial charge in [0.1, 0.15) is 0 Å². The van der Waals surface area contributed by atoms with Crippen LogP contribution < -0.4 is 10.6 Å². The van der Waals surface area contributed by atoms with Gasteiger partial charge in [-0.25, -0.2) is 0 Å². The summed E-state index contributed by atoms with van der Waals surface area (Å²) in [6, 6.07) is 6.14. The Kier molecular flexibility index (Phi) is 5.62. The normalized spacial score (nSPS) is 21.9. The lowest BCUT2D eigenvalue weighted by molar-refractivity contribution is 0.0136. The standard InChI is InChI=1S/C17H26N2O2/c1-4-8-18-14-5-6-16(12(2)10-14)17(20)19-15-7-9-21-13(3)11-15/h5-6,10,13,15,18H,4,7-9,11H2,1-3H3,(H,19,20). The molecule has 0 saturated carbocycles. The van der Waals surface area contributed by atoms with Crippen LogP contribution in [0.2, 0.25) is 0 Å². The molecule has 1 aliphatic rings. The predicted octanol–water partition coefficient (Wildman–Crippen LogP) is 3.11. The second-order valence-electron chi connectivity index (χ2n) is 5.83. The van der Waals surface area contributed by atoms with Crippen LogP contribution in [-0.4, -0.2) is 31.2 Å². The lowest BCUT2D eigenvalue weighted by Gasteiger charge is -2.28. The molecule has 0 spiro atoms. The van der Waals surface area contributed by atoms with Crippen molar-refractivity contribution in [3.05, 3.63) is 29.3 Å². The first kappa shape index (κ1) is 15.8. The van der Waals surface area contributed by atoms with Gasteiger partial charge in [-0.3, -0.25) is 4.79 Å². The molecule has 2 rings (SSSR count). The third kappa shape index (κ3) is 4.46. The third-order valence-corrected chi connectivity index (χ3v) is 3.87. The lowest BCUT2D eigenvalue weighted by atomic mass is 10.0. The van der Waals surface area contributed by atoms with Gasteiger partial charge in [-0.05, 0) is 56.9 Å². The molecule has 1 saturated heterocycles. The number of carbonyl (C=O) groups excluding carboxylic acids is 1. The van der Waals surface area contributed by atoms with Crippen LogP contribution in [0.1, 0.15) is 49.0 Å². The first-order chi connectivity index (χ1) is 10.1. The number of carbonyl (C=O) groups is 1. The first-order valence-electron chi connectivity index (χ1n) is 7.87. The predicted molar refractivity (Wildman–Crippen MR) is 85.9 cm³/mol. The van der Waals surface area contributed by atoms with E-state index in [1.54, 1.807) is 0 Å². The van der Waals surface area contributed by atoms with E-state index in [2.05, 4.69) is 24.5 Å². The molecule has 0 aliphatic carbocycles. The maximum absolute atomic E-state index is 12.4. The van der Waals surface area contributed by atoms with Crippen LogP contribution in [0.5, 0.6) is 0 Å². The van der Waals surface area contributed by atoms with Crippen LogP contribution in [0.4, 0.5) is 5.69 Å². The Hall–Kier alpha value is -1.55. The van der Waals surface area contributed by atoms with Gasteiger partial charge in [0.25, 0.3) is 5.91 Å². The summed E-state index contributed by atoms with van der Waals surface area (Å²) in [4.78, 5) is 12.4. The van der Waals surface area contributed by atoms with E-state index in [4.69, 9.17) is 4.74 Å². The molecule has 2 atom stereocenters. The highest BCUT2D eigenvalue weighted by Crippen LogP contribution is 2.17. The second-order valence-corrected chi connectivity index (χ2v) is 5.83. The number of anilines is 1. The Morgan fingerprint density at radius 3 is 2.90 bits per heavy atom. The molecule has 1 fully saturated rings. The SMILES string of the molecule is CCCNc1ccc(C(=O)NC2CCOC(C)C2)c(C)c1. The van der Waals surface area contributed by atoms with Crippen LogP contribution in [0.15, 0.2) is 18.2 Å². The highest BCUT2D eigenvalue weighted by molar-refractivity contribution is 5.96. The molecule has 2 unspecified atom stereocenters. The average molecular weight is 290 g/mol. The smallest absolute Gasteiger partial charge is 0.251 e. The van der Waals surface area contributed by atoms with Gasteiger partial charge in [-0.2, -0.15) is 0 Å². The van der Waals surface area contributed by atoms with Crippen LogP contribution in [0, 0.1) is 6.92 Å². The lowest BCUT2D eigenvalue weighted by Crippen LogP contribution is -2.41. The van der Waals surface area contributed by atoms with Gasteiger partial charge < -0.3 is 15.4 Å². The quantitative estimate of drug-likeness (QED) is 0.876. The number of amides is 1. The van der Waals surface area contributed by atoms with E-state index < -0.39 is 0 Å². The summed E-state index contributed by atoms with van der Waals surface area (Å²) in [5.74, 6) is 0.0219. The van der Waals surface area contributed by atoms with Crippen LogP contribution in [0.3, 0.4) is 0 Å². The minimum absolute atomic E-state index is 0.0219. The van der Waals surface area contributed by atoms with Crippen molar-refractivity contribution < 1.29 is 9.53 Å². The molecule has 1 aliphatic heterocycles. The third-order valence-electron chi connectivity index (χ3n) is 3.87. The van der Waals surface area contributed by atoms with Gasteiger partial charge in [0.15, 0.2) is 0 Å². The number of aryl methyl sites for hydroxylation is 1. The summed E-state index contributed by atoms with van der Waals surface area (Å²) in [6.07, 6.45) is 3.10. The number of hydrogen-bond acceptors (Lipinski definition) is 3. The number of nitrogens with one attached hydrogen (secondary N) is 2. The van der Waals surface area contributed by atoms with Gasteiger partial charge in [0.2, 0.25) is 0 Å². The van der Waals surface area contributed by atoms with E-state index in [0.717, 1.165) is 49.2 Å². The molecule has 2 N–H and O–H groups in total. The number of benzene rings is 1. The molecule has 116 valence electrons. The molecule has 4 heteroatoms. The van der Waals surface area contributed by atoms with Gasteiger partial charge in [0.05, 0.1) is 6.10 Å². The highest BCUT2D eigenvalue weighted by atomic mass is 16.5. The molecule has 21 heavy (non-hydrogen) atoms. The monoisotopic (exact) mass is 290 g/mol. The molecule has 0 bridgehead atoms. The zero-order chi connectivity index (χ0) is 15.2. The van der Waals surface area contributed by atoms with E-state index in [9.17, 15) is 4.79 Å². The first-order valence-corrected chi connectivity index (χ1v) is 7.87. The Balaban J connectivity index is 1.98. The summed E-state index contributed by atoms with van der Waals surface area (Å²) in [5.41, 5.74) is 2.84. The van der Waals surface area contributed by atoms with E-state index in [0.29, 0.717) is 0 Å². The Labute approximate surface area is 127 Å². The Bertz CT molecular complexity index is 488.